The topological polar surface area (TPSA) is 95.4 Å². The van der Waals surface area contributed by atoms with E-state index in [2.05, 4.69) is 44.6 Å². The zero-order valence-corrected chi connectivity index (χ0v) is 20.8. The third-order valence-corrected chi connectivity index (χ3v) is 6.05. The molecule has 9 heteroatoms. The summed E-state index contributed by atoms with van der Waals surface area (Å²) < 4.78 is 5.11. The van der Waals surface area contributed by atoms with E-state index in [9.17, 15) is 5.11 Å². The number of aromatic nitrogens is 3. The number of hydrogen-bond donors (Lipinski definition) is 3. The average Bonchev–Trinajstić information content (AvgIpc) is 2.79. The molecule has 8 nitrogen and oxygen atoms in total. The number of hydrogen-bond acceptors (Lipinski definition) is 8. The van der Waals surface area contributed by atoms with Crippen LogP contribution >= 0.6 is 11.6 Å². The van der Waals surface area contributed by atoms with Crippen LogP contribution < -0.4 is 15.4 Å². The van der Waals surface area contributed by atoms with E-state index in [-0.39, 0.29) is 5.75 Å². The third-order valence-electron chi connectivity index (χ3n) is 5.81. The number of fused-ring (bicyclic) bond motifs is 1. The molecule has 1 saturated carbocycles. The number of phenols is 1. The number of ether oxygens (including phenoxy) is 1. The van der Waals surface area contributed by atoms with Gasteiger partial charge in [-0.05, 0) is 69.4 Å². The molecule has 2 aromatic carbocycles. The lowest BCUT2D eigenvalue weighted by atomic mass is 9.92. The smallest absolute Gasteiger partial charge is 0.229 e. The van der Waals surface area contributed by atoms with Crippen molar-refractivity contribution in [3.63, 3.8) is 0 Å². The second-order valence-corrected chi connectivity index (χ2v) is 8.95. The molecule has 0 atom stereocenters. The minimum absolute atomic E-state index is 0.0632. The van der Waals surface area contributed by atoms with Gasteiger partial charge in [-0.2, -0.15) is 4.98 Å². The first kappa shape index (κ1) is 24.5. The van der Waals surface area contributed by atoms with Crippen LogP contribution in [0.25, 0.3) is 10.9 Å². The van der Waals surface area contributed by atoms with Crippen LogP contribution in [0.3, 0.4) is 0 Å². The van der Waals surface area contributed by atoms with Gasteiger partial charge in [-0.15, -0.1) is 0 Å². The van der Waals surface area contributed by atoms with Crippen molar-refractivity contribution in [1.82, 2.24) is 19.9 Å². The molecule has 0 amide bonds. The van der Waals surface area contributed by atoms with Crippen molar-refractivity contribution >= 4 is 45.6 Å². The highest BCUT2D eigenvalue weighted by Crippen LogP contribution is 2.30. The number of anilines is 4. The average molecular weight is 493 g/mol. The van der Waals surface area contributed by atoms with Crippen LogP contribution in [0, 0.1) is 0 Å². The third kappa shape index (κ3) is 6.49. The summed E-state index contributed by atoms with van der Waals surface area (Å²) in [5.74, 6) is 1.43. The van der Waals surface area contributed by atoms with Crippen LogP contribution in [0.1, 0.15) is 19.3 Å². The first-order chi connectivity index (χ1) is 16.9. The van der Waals surface area contributed by atoms with Crippen molar-refractivity contribution in [2.75, 3.05) is 31.8 Å². The second kappa shape index (κ2) is 11.2. The van der Waals surface area contributed by atoms with Crippen molar-refractivity contribution in [2.45, 2.75) is 25.3 Å². The Labute approximate surface area is 210 Å². The quantitative estimate of drug-likeness (QED) is 0.283. The first-order valence-corrected chi connectivity index (χ1v) is 11.7. The van der Waals surface area contributed by atoms with Crippen molar-refractivity contribution in [2.24, 2.45) is 0 Å². The number of benzene rings is 2. The predicted octanol–water partition coefficient (Wildman–Crippen LogP) is 5.98. The van der Waals surface area contributed by atoms with Crippen molar-refractivity contribution in [3.05, 3.63) is 65.9 Å². The Morgan fingerprint density at radius 2 is 1.83 bits per heavy atom. The minimum atomic E-state index is 0.0632. The van der Waals surface area contributed by atoms with Crippen LogP contribution in [-0.4, -0.2) is 52.2 Å². The molecular formula is C26H29ClN6O2. The number of nitrogens with one attached hydrogen (secondary N) is 2. The highest BCUT2D eigenvalue weighted by atomic mass is 35.5. The molecule has 2 aromatic heterocycles. The Morgan fingerprint density at radius 1 is 1.00 bits per heavy atom. The van der Waals surface area contributed by atoms with Crippen molar-refractivity contribution in [3.8, 4) is 11.5 Å². The van der Waals surface area contributed by atoms with Gasteiger partial charge in [0.1, 0.15) is 5.82 Å². The van der Waals surface area contributed by atoms with Gasteiger partial charge in [0.2, 0.25) is 5.95 Å². The summed E-state index contributed by atoms with van der Waals surface area (Å²) in [6, 6.07) is 15.1. The van der Waals surface area contributed by atoms with Gasteiger partial charge in [-0.3, -0.25) is 4.98 Å². The maximum absolute atomic E-state index is 9.69. The summed E-state index contributed by atoms with van der Waals surface area (Å²) >= 11 is 6.06. The van der Waals surface area contributed by atoms with E-state index < -0.39 is 0 Å². The maximum atomic E-state index is 9.69. The van der Waals surface area contributed by atoms with Crippen LogP contribution in [-0.2, 0) is 0 Å². The summed E-state index contributed by atoms with van der Waals surface area (Å²) in [6.45, 7) is 0. The maximum Gasteiger partial charge on any atom is 0.229 e. The van der Waals surface area contributed by atoms with Crippen LogP contribution in [0.4, 0.5) is 23.1 Å². The monoisotopic (exact) mass is 492 g/mol. The minimum Gasteiger partial charge on any atom is -0.504 e. The van der Waals surface area contributed by atoms with Gasteiger partial charge in [0.05, 0.1) is 24.5 Å². The predicted molar refractivity (Wildman–Crippen MR) is 141 cm³/mol. The molecule has 1 aliphatic rings. The van der Waals surface area contributed by atoms with E-state index >= 15 is 0 Å². The lowest BCUT2D eigenvalue weighted by molar-refractivity contribution is 0.193. The van der Waals surface area contributed by atoms with Crippen molar-refractivity contribution < 1.29 is 9.84 Å². The second-order valence-electron chi connectivity index (χ2n) is 8.51. The molecule has 0 saturated heterocycles. The molecular weight excluding hydrogens is 464 g/mol. The van der Waals surface area contributed by atoms with Gasteiger partial charge >= 0.3 is 0 Å². The van der Waals surface area contributed by atoms with E-state index in [1.165, 1.54) is 32.4 Å². The fourth-order valence-corrected chi connectivity index (χ4v) is 3.78. The largest absolute Gasteiger partial charge is 0.504 e. The van der Waals surface area contributed by atoms with E-state index in [0.29, 0.717) is 28.2 Å². The number of nitrogens with zero attached hydrogens (tertiary/aromatic N) is 4. The van der Waals surface area contributed by atoms with Crippen LogP contribution in [0.5, 0.6) is 11.5 Å². The molecule has 4 aromatic rings. The first-order valence-electron chi connectivity index (χ1n) is 11.4. The Bertz CT molecular complexity index is 1300. The number of methoxy groups -OCH3 is 1. The lowest BCUT2D eigenvalue weighted by Crippen LogP contribution is -2.33. The molecule has 2 heterocycles. The zero-order valence-electron chi connectivity index (χ0n) is 20.0. The molecule has 0 aliphatic heterocycles. The lowest BCUT2D eigenvalue weighted by Gasteiger charge is -2.31. The molecule has 0 spiro atoms. The summed E-state index contributed by atoms with van der Waals surface area (Å²) in [5, 5.41) is 17.6. The van der Waals surface area contributed by atoms with E-state index in [1.807, 2.05) is 24.3 Å². The Kier molecular flexibility index (Phi) is 7.84. The van der Waals surface area contributed by atoms with Crippen molar-refractivity contribution in [1.29, 1.82) is 0 Å². The fraction of sp³-hybridized carbons (Fsp3) is 0.269. The van der Waals surface area contributed by atoms with E-state index in [4.69, 9.17) is 16.3 Å². The molecule has 1 aliphatic carbocycles. The molecule has 1 fully saturated rings. The Morgan fingerprint density at radius 3 is 2.51 bits per heavy atom. The molecule has 0 radical (unpaired) electrons. The summed E-state index contributed by atoms with van der Waals surface area (Å²) in [7, 11) is 5.80. The van der Waals surface area contributed by atoms with Crippen LogP contribution in [0.2, 0.25) is 5.02 Å². The fourth-order valence-electron chi connectivity index (χ4n) is 3.59. The molecule has 5 rings (SSSR count). The van der Waals surface area contributed by atoms with Crippen LogP contribution in [0.15, 0.2) is 60.9 Å². The molecule has 182 valence electrons. The number of pyridine rings is 1. The van der Waals surface area contributed by atoms with E-state index in [0.717, 1.165) is 22.6 Å². The highest BCUT2D eigenvalue weighted by Gasteiger charge is 2.18. The van der Waals surface area contributed by atoms with Gasteiger partial charge in [-0.1, -0.05) is 18.0 Å². The SMILES string of the molecule is CN(C)C1CCC1.COc1cc(Nc2nccc(Nc3cnc4ccc(Cl)cc4c3)n2)ccc1O. The molecule has 3 N–H and O–H groups in total. The number of halogens is 1. The van der Waals surface area contributed by atoms with Gasteiger partial charge in [-0.25, -0.2) is 4.98 Å². The molecule has 0 unspecified atom stereocenters. The molecule has 0 bridgehead atoms. The Hall–Kier alpha value is -3.62. The number of aromatic hydroxyl groups is 1. The number of phenolic OH excluding ortho intramolecular Hbond substituents is 1. The summed E-state index contributed by atoms with van der Waals surface area (Å²) in [5.41, 5.74) is 2.33. The highest BCUT2D eigenvalue weighted by molar-refractivity contribution is 6.31. The summed E-state index contributed by atoms with van der Waals surface area (Å²) in [6.07, 6.45) is 7.67. The van der Waals surface area contributed by atoms with Gasteiger partial charge in [0.15, 0.2) is 11.5 Å². The zero-order chi connectivity index (χ0) is 24.8. The van der Waals surface area contributed by atoms with Gasteiger partial charge < -0.3 is 25.4 Å². The van der Waals surface area contributed by atoms with E-state index in [1.54, 1.807) is 30.6 Å². The summed E-state index contributed by atoms with van der Waals surface area (Å²) in [4.78, 5) is 15.4. The standard InChI is InChI=1S/C20H16ClN5O2.C6H13N/c1-28-18-10-14(3-5-17(18)27)25-20-22-7-6-19(26-20)24-15-9-12-8-13(21)2-4-16(12)23-11-15;1-7(2)6-4-3-5-6/h2-11,27H,1H3,(H2,22,24,25,26);6H,3-5H2,1-2H3. The number of rotatable bonds is 6. The molecule has 35 heavy (non-hydrogen) atoms. The van der Waals surface area contributed by atoms with Gasteiger partial charge in [0.25, 0.3) is 0 Å². The van der Waals surface area contributed by atoms with Gasteiger partial charge in [0, 0.05) is 34.4 Å². The normalized spacial score (nSPS) is 13.1. The Balaban J connectivity index is 0.000000356.